The van der Waals surface area contributed by atoms with Crippen molar-refractivity contribution in [3.63, 3.8) is 0 Å². The van der Waals surface area contributed by atoms with Crippen molar-refractivity contribution in [1.82, 2.24) is 0 Å². The first-order valence-electron chi connectivity index (χ1n) is 7.50. The molecule has 156 valence electrons. The average Bonchev–Trinajstić information content (AvgIpc) is 3.02. The summed E-state index contributed by atoms with van der Waals surface area (Å²) in [5, 5.41) is 0. The van der Waals surface area contributed by atoms with Crippen LogP contribution in [0.25, 0.3) is 0 Å². The zero-order valence-corrected chi connectivity index (χ0v) is 16.3. The van der Waals surface area contributed by atoms with Gasteiger partial charge in [-0.15, -0.1) is 0 Å². The minimum atomic E-state index is -5.39. The second kappa shape index (κ2) is 8.42. The first kappa shape index (κ1) is 22.7. The number of nitrogens with zero attached hydrogens (tertiary/aromatic N) is 1. The van der Waals surface area contributed by atoms with Crippen LogP contribution in [0.5, 0.6) is 0 Å². The van der Waals surface area contributed by atoms with Gasteiger partial charge in [0, 0.05) is 6.26 Å². The Morgan fingerprint density at radius 1 is 1.29 bits per heavy atom. The highest BCUT2D eigenvalue weighted by Crippen LogP contribution is 2.33. The van der Waals surface area contributed by atoms with E-state index in [2.05, 4.69) is 9.73 Å². The van der Waals surface area contributed by atoms with Crippen molar-refractivity contribution in [3.05, 3.63) is 29.8 Å². The van der Waals surface area contributed by atoms with Gasteiger partial charge in [0.15, 0.2) is 20.8 Å². The summed E-state index contributed by atoms with van der Waals surface area (Å²) < 4.78 is 82.5. The molecule has 0 aromatic heterocycles. The van der Waals surface area contributed by atoms with Gasteiger partial charge in [0.1, 0.15) is 12.6 Å². The Kier molecular flexibility index (Phi) is 6.82. The standard InChI is InChI=1S/C15H13Cl2F4NO5S/c1-28(24,25)8-4-2-7(3-5-8)10-9(22-13(27-10)12(16)17)6-26-14(23)11(18)15(19,20)21/h2-5,9-12H,6H2,1H3/t9-,10-,11?/m1/s1. The fraction of sp³-hybridized carbons (Fsp3) is 0.467. The number of hydrogen-bond donors (Lipinski definition) is 0. The Hall–Kier alpha value is -1.59. The zero-order chi connectivity index (χ0) is 21.3. The highest BCUT2D eigenvalue weighted by molar-refractivity contribution is 7.90. The number of carbonyl (C=O) groups is 1. The van der Waals surface area contributed by atoms with Crippen LogP contribution in [0.4, 0.5) is 17.6 Å². The van der Waals surface area contributed by atoms with Crippen LogP contribution in [0.2, 0.25) is 0 Å². The molecule has 1 aromatic rings. The van der Waals surface area contributed by atoms with Crippen molar-refractivity contribution in [2.24, 2.45) is 4.99 Å². The Balaban J connectivity index is 2.18. The van der Waals surface area contributed by atoms with Crippen molar-refractivity contribution in [3.8, 4) is 0 Å². The van der Waals surface area contributed by atoms with Gasteiger partial charge in [-0.2, -0.15) is 13.2 Å². The van der Waals surface area contributed by atoms with E-state index in [0.29, 0.717) is 5.56 Å². The Labute approximate surface area is 167 Å². The fourth-order valence-electron chi connectivity index (χ4n) is 2.27. The molecule has 0 saturated carbocycles. The number of alkyl halides is 6. The summed E-state index contributed by atoms with van der Waals surface area (Å²) in [5.41, 5.74) is 0.369. The fourth-order valence-corrected chi connectivity index (χ4v) is 3.12. The Morgan fingerprint density at radius 3 is 2.32 bits per heavy atom. The monoisotopic (exact) mass is 465 g/mol. The number of esters is 1. The summed E-state index contributed by atoms with van der Waals surface area (Å²) in [6.07, 6.45) is -9.16. The van der Waals surface area contributed by atoms with E-state index >= 15 is 0 Å². The first-order chi connectivity index (χ1) is 12.8. The van der Waals surface area contributed by atoms with Crippen LogP contribution >= 0.6 is 23.2 Å². The second-order valence-corrected chi connectivity index (χ2v) is 8.86. The molecule has 28 heavy (non-hydrogen) atoms. The smallest absolute Gasteiger partial charge is 0.430 e. The maximum Gasteiger partial charge on any atom is 0.430 e. The summed E-state index contributed by atoms with van der Waals surface area (Å²) >= 11 is 11.3. The molecule has 1 aromatic carbocycles. The number of benzene rings is 1. The van der Waals surface area contributed by atoms with E-state index in [4.69, 9.17) is 27.9 Å². The van der Waals surface area contributed by atoms with Crippen LogP contribution in [0, 0.1) is 0 Å². The van der Waals surface area contributed by atoms with Gasteiger partial charge in [-0.1, -0.05) is 35.3 Å². The summed E-state index contributed by atoms with van der Waals surface area (Å²) in [7, 11) is -3.46. The largest absolute Gasteiger partial charge is 0.468 e. The lowest BCUT2D eigenvalue weighted by Gasteiger charge is -2.19. The number of carbonyl (C=O) groups excluding carboxylic acids is 1. The molecule has 0 spiro atoms. The van der Waals surface area contributed by atoms with Crippen LogP contribution in [-0.2, 0) is 24.1 Å². The van der Waals surface area contributed by atoms with Gasteiger partial charge in [-0.3, -0.25) is 0 Å². The number of aliphatic imine (C=N–C) groups is 1. The molecule has 1 unspecified atom stereocenters. The summed E-state index contributed by atoms with van der Waals surface area (Å²) in [6.45, 7) is -0.738. The minimum Gasteiger partial charge on any atom is -0.468 e. The quantitative estimate of drug-likeness (QED) is 0.366. The molecule has 0 radical (unpaired) electrons. The van der Waals surface area contributed by atoms with Crippen molar-refractivity contribution in [2.75, 3.05) is 12.9 Å². The highest BCUT2D eigenvalue weighted by atomic mass is 35.5. The molecular weight excluding hydrogens is 453 g/mol. The third kappa shape index (κ3) is 5.48. The zero-order valence-electron chi connectivity index (χ0n) is 14.0. The van der Waals surface area contributed by atoms with Gasteiger partial charge in [0.05, 0.1) is 4.90 Å². The van der Waals surface area contributed by atoms with E-state index in [0.717, 1.165) is 6.26 Å². The molecule has 0 fully saturated rings. The Bertz CT molecular complexity index is 858. The number of halogens is 6. The van der Waals surface area contributed by atoms with E-state index in [1.165, 1.54) is 24.3 Å². The van der Waals surface area contributed by atoms with Crippen LogP contribution in [0.3, 0.4) is 0 Å². The van der Waals surface area contributed by atoms with Crippen molar-refractivity contribution >= 4 is 44.9 Å². The van der Waals surface area contributed by atoms with Gasteiger partial charge in [-0.05, 0) is 17.7 Å². The van der Waals surface area contributed by atoms with Crippen LogP contribution in [0.1, 0.15) is 11.7 Å². The molecule has 0 saturated heterocycles. The Morgan fingerprint density at radius 2 is 1.86 bits per heavy atom. The topological polar surface area (TPSA) is 82.0 Å². The predicted octanol–water partition coefficient (Wildman–Crippen LogP) is 3.18. The summed E-state index contributed by atoms with van der Waals surface area (Å²) in [6, 6.07) is 4.28. The van der Waals surface area contributed by atoms with E-state index < -0.39 is 51.7 Å². The molecule has 1 heterocycles. The first-order valence-corrected chi connectivity index (χ1v) is 10.3. The van der Waals surface area contributed by atoms with Gasteiger partial charge >= 0.3 is 12.1 Å². The molecule has 0 amide bonds. The molecule has 2 rings (SSSR count). The molecule has 0 bridgehead atoms. The van der Waals surface area contributed by atoms with Crippen LogP contribution in [-0.4, -0.2) is 56.4 Å². The third-order valence-corrected chi connectivity index (χ3v) is 5.11. The van der Waals surface area contributed by atoms with Gasteiger partial charge in [0.2, 0.25) is 5.90 Å². The SMILES string of the molecule is CS(=O)(=O)c1ccc([C@H]2OC(C(Cl)Cl)=N[C@@H]2COC(=O)C(F)C(F)(F)F)cc1. The molecule has 0 N–H and O–H groups in total. The van der Waals surface area contributed by atoms with Crippen LogP contribution in [0.15, 0.2) is 34.2 Å². The van der Waals surface area contributed by atoms with E-state index in [1.54, 1.807) is 0 Å². The van der Waals surface area contributed by atoms with Crippen molar-refractivity contribution < 1.29 is 40.2 Å². The van der Waals surface area contributed by atoms with Gasteiger partial charge in [0.25, 0.3) is 6.17 Å². The predicted molar refractivity (Wildman–Crippen MR) is 92.0 cm³/mol. The maximum atomic E-state index is 13.0. The lowest BCUT2D eigenvalue weighted by atomic mass is 10.0. The van der Waals surface area contributed by atoms with Gasteiger partial charge in [-0.25, -0.2) is 22.6 Å². The molecule has 1 aliphatic heterocycles. The van der Waals surface area contributed by atoms with E-state index in [9.17, 15) is 30.8 Å². The number of rotatable bonds is 6. The number of sulfone groups is 1. The minimum absolute atomic E-state index is 0.0244. The van der Waals surface area contributed by atoms with Crippen molar-refractivity contribution in [1.29, 1.82) is 0 Å². The molecule has 6 nitrogen and oxygen atoms in total. The summed E-state index contributed by atoms with van der Waals surface area (Å²) in [5.74, 6) is -2.29. The lowest BCUT2D eigenvalue weighted by molar-refractivity contribution is -0.201. The maximum absolute atomic E-state index is 13.0. The molecule has 13 heteroatoms. The lowest BCUT2D eigenvalue weighted by Crippen LogP contribution is -2.35. The van der Waals surface area contributed by atoms with Crippen LogP contribution < -0.4 is 0 Å². The van der Waals surface area contributed by atoms with E-state index in [-0.39, 0.29) is 10.8 Å². The van der Waals surface area contributed by atoms with E-state index in [1.807, 2.05) is 0 Å². The second-order valence-electron chi connectivity index (χ2n) is 5.75. The summed E-state index contributed by atoms with van der Waals surface area (Å²) in [4.78, 5) is 14.0. The third-order valence-electron chi connectivity index (χ3n) is 3.60. The highest BCUT2D eigenvalue weighted by Gasteiger charge is 2.47. The normalized spacial score (nSPS) is 21.2. The number of ether oxygens (including phenoxy) is 2. The van der Waals surface area contributed by atoms with Crippen molar-refractivity contribution in [2.45, 2.75) is 34.2 Å². The van der Waals surface area contributed by atoms with Gasteiger partial charge < -0.3 is 9.47 Å². The number of hydrogen-bond acceptors (Lipinski definition) is 6. The average molecular weight is 466 g/mol. The molecule has 1 aliphatic rings. The molecule has 3 atom stereocenters. The molecular formula is C15H13Cl2F4NO5S. The molecule has 0 aliphatic carbocycles.